The number of ether oxygens (including phenoxy) is 1. The van der Waals surface area contributed by atoms with E-state index in [1.54, 1.807) is 48.5 Å². The van der Waals surface area contributed by atoms with Crippen molar-refractivity contribution in [2.45, 2.75) is 214 Å². The Morgan fingerprint density at radius 3 is 1.55 bits per heavy atom. The van der Waals surface area contributed by atoms with Crippen molar-refractivity contribution < 1.29 is 67.7 Å². The lowest BCUT2D eigenvalue weighted by Crippen LogP contribution is -2.63. The number of aliphatic hydroxyl groups is 2. The van der Waals surface area contributed by atoms with Crippen molar-refractivity contribution in [1.82, 2.24) is 53.2 Å². The molecule has 87 heavy (non-hydrogen) atoms. The Bertz CT molecular complexity index is 2480. The fourth-order valence-electron chi connectivity index (χ4n) is 9.42. The highest BCUT2D eigenvalue weighted by Crippen LogP contribution is 2.19. The molecule has 2 rings (SSSR count). The number of guanidine groups is 1. The minimum atomic E-state index is -1.79. The number of rotatable bonds is 33. The van der Waals surface area contributed by atoms with Gasteiger partial charge in [0.15, 0.2) is 5.96 Å². The fourth-order valence-corrected chi connectivity index (χ4v) is 9.42. The number of amides is 10. The summed E-state index contributed by atoms with van der Waals surface area (Å²) in [6.07, 6.45) is 1.12. The predicted octanol–water partition coefficient (Wildman–Crippen LogP) is -0.663. The van der Waals surface area contributed by atoms with Crippen molar-refractivity contribution in [2.24, 2.45) is 52.0 Å². The lowest BCUT2D eigenvalue weighted by atomic mass is 9.93. The van der Waals surface area contributed by atoms with Crippen molar-refractivity contribution in [3.63, 3.8) is 0 Å². The first-order valence-electron chi connectivity index (χ1n) is 30.6. The molecule has 0 radical (unpaired) electrons. The van der Waals surface area contributed by atoms with Gasteiger partial charge in [0, 0.05) is 12.5 Å². The van der Waals surface area contributed by atoms with Crippen molar-refractivity contribution >= 4 is 71.0 Å². The first-order chi connectivity index (χ1) is 41.0. The summed E-state index contributed by atoms with van der Waals surface area (Å²) >= 11 is 0. The third-order valence-corrected chi connectivity index (χ3v) is 16.0. The van der Waals surface area contributed by atoms with Crippen molar-refractivity contribution in [2.75, 3.05) is 19.8 Å². The molecule has 1 aliphatic heterocycles. The zero-order valence-corrected chi connectivity index (χ0v) is 53.1. The van der Waals surface area contributed by atoms with E-state index in [1.807, 2.05) is 58.0 Å². The molecule has 490 valence electrons. The second-order valence-electron chi connectivity index (χ2n) is 23.3. The number of aliphatic imine (C=N–C) groups is 1. The standard InChI is InChI=1S/C60H101N13O14/c1-14-32(8)44(69-50(77)39(18-5)28-38-23-20-19-21-24-38)55(82)67-42(29-74)53(80)65-40(25-22-26-63-60(61)62)51(78)70-46(34(10)16-3)57(84)71-45(33(9)15-2)56(83)68-43(30-75)54(81)73-48-37(13)87-59(86)47(35(11)17-4)72-52(79)41(27-31(6)7)66-49(76)36(12)64-58(48)85/h19-21,23-24,31-37,39-48,74-75H,14-18,22,25-30H2,1-13H3,(H,64,85)(H,65,80)(H,66,76)(H,67,82)(H,68,83)(H,69,77)(H,70,78)(H,71,84)(H,72,79)(H,73,81)(H4,61,62,63)/t32-,33-,34+,35-,36-,37-,39+,40+,41-,42-,43-,44-,45-,46+,47-,48+/m0/s1. The summed E-state index contributed by atoms with van der Waals surface area (Å²) in [5.41, 5.74) is 12.0. The highest BCUT2D eigenvalue weighted by molar-refractivity contribution is 5.99. The van der Waals surface area contributed by atoms with Gasteiger partial charge in [0.1, 0.15) is 66.5 Å². The number of nitrogens with zero attached hydrogens (tertiary/aromatic N) is 1. The van der Waals surface area contributed by atoms with Gasteiger partial charge in [-0.1, -0.05) is 132 Å². The average molecular weight is 1230 g/mol. The Labute approximate surface area is 512 Å². The molecular weight excluding hydrogens is 1130 g/mol. The van der Waals surface area contributed by atoms with Gasteiger partial charge in [-0.25, -0.2) is 4.79 Å². The summed E-state index contributed by atoms with van der Waals surface area (Å²) in [5.74, 6) is -12.1. The normalized spacial score (nSPS) is 21.3. The maximum atomic E-state index is 14.5. The lowest BCUT2D eigenvalue weighted by molar-refractivity contribution is -0.157. The van der Waals surface area contributed by atoms with Crippen molar-refractivity contribution in [1.29, 1.82) is 0 Å². The number of nitrogens with one attached hydrogen (secondary N) is 10. The second-order valence-corrected chi connectivity index (χ2v) is 23.3. The molecule has 1 saturated heterocycles. The van der Waals surface area contributed by atoms with E-state index in [1.165, 1.54) is 13.8 Å². The Morgan fingerprint density at radius 2 is 1.07 bits per heavy atom. The van der Waals surface area contributed by atoms with E-state index in [0.29, 0.717) is 32.1 Å². The van der Waals surface area contributed by atoms with Gasteiger partial charge in [-0.15, -0.1) is 0 Å². The number of hydrogen-bond donors (Lipinski definition) is 14. The molecular formula is C60H101N13O14. The number of cyclic esters (lactones) is 1. The maximum absolute atomic E-state index is 14.5. The lowest BCUT2D eigenvalue weighted by Gasteiger charge is -2.31. The highest BCUT2D eigenvalue weighted by atomic mass is 16.5. The molecule has 0 aromatic heterocycles. The molecule has 1 heterocycles. The summed E-state index contributed by atoms with van der Waals surface area (Å²) in [7, 11) is 0. The molecule has 1 aromatic carbocycles. The topological polar surface area (TPSA) is 422 Å². The molecule has 27 heteroatoms. The summed E-state index contributed by atoms with van der Waals surface area (Å²) in [6, 6.07) is -4.62. The smallest absolute Gasteiger partial charge is 0.329 e. The minimum absolute atomic E-state index is 0.0201. The zero-order chi connectivity index (χ0) is 65.8. The number of aliphatic hydroxyl groups excluding tert-OH is 2. The Morgan fingerprint density at radius 1 is 0.586 bits per heavy atom. The van der Waals surface area contributed by atoms with Crippen LogP contribution < -0.4 is 64.6 Å². The van der Waals surface area contributed by atoms with Crippen molar-refractivity contribution in [3.8, 4) is 0 Å². The van der Waals surface area contributed by atoms with Gasteiger partial charge in [-0.2, -0.15) is 0 Å². The number of carbonyl (C=O) groups excluding carboxylic acids is 11. The zero-order valence-electron chi connectivity index (χ0n) is 53.1. The van der Waals surface area contributed by atoms with Crippen molar-refractivity contribution in [3.05, 3.63) is 35.9 Å². The molecule has 10 amide bonds. The van der Waals surface area contributed by atoms with Gasteiger partial charge < -0.3 is 79.6 Å². The van der Waals surface area contributed by atoms with Crippen LogP contribution in [0.3, 0.4) is 0 Å². The Balaban J connectivity index is 2.44. The predicted molar refractivity (Wildman–Crippen MR) is 326 cm³/mol. The van der Waals surface area contributed by atoms with Crippen LogP contribution in [0.15, 0.2) is 35.3 Å². The van der Waals surface area contributed by atoms with Crippen LogP contribution in [-0.4, -0.2) is 167 Å². The van der Waals surface area contributed by atoms with Gasteiger partial charge in [-0.05, 0) is 81.1 Å². The van der Waals surface area contributed by atoms with Crippen LogP contribution in [0.25, 0.3) is 0 Å². The van der Waals surface area contributed by atoms with Crippen LogP contribution in [0.5, 0.6) is 0 Å². The first-order valence-corrected chi connectivity index (χ1v) is 30.6. The summed E-state index contributed by atoms with van der Waals surface area (Å²) in [5, 5.41) is 47.1. The van der Waals surface area contributed by atoms with Gasteiger partial charge in [0.05, 0.1) is 13.2 Å². The summed E-state index contributed by atoms with van der Waals surface area (Å²) < 4.78 is 5.72. The highest BCUT2D eigenvalue weighted by Gasteiger charge is 2.41. The third kappa shape index (κ3) is 24.3. The van der Waals surface area contributed by atoms with E-state index in [9.17, 15) is 63.0 Å². The second kappa shape index (κ2) is 38.0. The molecule has 27 nitrogen and oxygen atoms in total. The molecule has 0 unspecified atom stereocenters. The quantitative estimate of drug-likeness (QED) is 0.0180. The molecule has 1 aromatic rings. The summed E-state index contributed by atoms with van der Waals surface area (Å²) in [6.45, 7) is 20.1. The molecule has 0 bridgehead atoms. The van der Waals surface area contributed by atoms with E-state index in [4.69, 9.17) is 16.2 Å². The average Bonchev–Trinajstić information content (AvgIpc) is 3.36. The molecule has 0 saturated carbocycles. The molecule has 1 aliphatic rings. The minimum Gasteiger partial charge on any atom is -0.458 e. The van der Waals surface area contributed by atoms with Gasteiger partial charge in [-0.3, -0.25) is 52.9 Å². The molecule has 16 atom stereocenters. The summed E-state index contributed by atoms with van der Waals surface area (Å²) in [4.78, 5) is 158. The van der Waals surface area contributed by atoms with Crippen LogP contribution in [-0.2, 0) is 63.9 Å². The number of benzene rings is 1. The number of hydrogen-bond acceptors (Lipinski definition) is 15. The SMILES string of the molecule is CC[C@H](Cc1ccccc1)C(=O)N[C@H](C(=O)N[C@@H](CO)C(=O)N[C@H](CCCN=C(N)N)C(=O)N[C@@H](C(=O)N[C@H](C(=O)N[C@@H](CO)C(=O)N[C@H]1C(=O)N[C@@H](C)C(=O)N[C@@H](CC(C)C)C(=O)N[C@@H]([C@@H](C)CC)C(=O)O[C@H]1C)[C@@H](C)CC)[C@H](C)CC)[C@@H](C)CC. The Kier molecular flexibility index (Phi) is 33.0. The van der Waals surface area contributed by atoms with Crippen LogP contribution in [0.2, 0.25) is 0 Å². The Hall–Kier alpha value is -7.42. The maximum Gasteiger partial charge on any atom is 0.329 e. The number of carbonyl (C=O) groups is 11. The van der Waals surface area contributed by atoms with Gasteiger partial charge in [0.2, 0.25) is 59.1 Å². The first kappa shape index (κ1) is 75.7. The van der Waals surface area contributed by atoms with E-state index < -0.39 is 168 Å². The van der Waals surface area contributed by atoms with Crippen LogP contribution in [0.1, 0.15) is 147 Å². The molecule has 1 fully saturated rings. The van der Waals surface area contributed by atoms with E-state index >= 15 is 0 Å². The van der Waals surface area contributed by atoms with Gasteiger partial charge >= 0.3 is 5.97 Å². The number of esters is 1. The van der Waals surface area contributed by atoms with E-state index in [2.05, 4.69) is 58.2 Å². The van der Waals surface area contributed by atoms with Crippen LogP contribution >= 0.6 is 0 Å². The molecule has 0 spiro atoms. The number of nitrogens with two attached hydrogens (primary N) is 2. The molecule has 0 aliphatic carbocycles. The molecule has 16 N–H and O–H groups in total. The monoisotopic (exact) mass is 1230 g/mol. The largest absolute Gasteiger partial charge is 0.458 e. The van der Waals surface area contributed by atoms with Gasteiger partial charge in [0.25, 0.3) is 0 Å². The van der Waals surface area contributed by atoms with Crippen LogP contribution in [0.4, 0.5) is 0 Å². The van der Waals surface area contributed by atoms with Crippen LogP contribution in [0, 0.1) is 35.5 Å². The fraction of sp³-hybridized carbons (Fsp3) is 0.700. The third-order valence-electron chi connectivity index (χ3n) is 16.0. The van der Waals surface area contributed by atoms with E-state index in [-0.39, 0.29) is 50.0 Å². The van der Waals surface area contributed by atoms with E-state index in [0.717, 1.165) is 5.56 Å².